The minimum Gasteiger partial charge on any atom is -0.544 e. The maximum Gasteiger partial charge on any atom is 0.325 e. The SMILES string of the molecule is CCCCCCCCCCCCOC(=O)C(C)(C)N.C[N+](C)(C)CC(=O)[O-]. The molecule has 2 N–H and O–H groups in total. The van der Waals surface area contributed by atoms with Crippen molar-refractivity contribution in [1.82, 2.24) is 0 Å². The van der Waals surface area contributed by atoms with E-state index in [-0.39, 0.29) is 12.5 Å². The van der Waals surface area contributed by atoms with Gasteiger partial charge in [0.2, 0.25) is 0 Å². The second-order valence-corrected chi connectivity index (χ2v) is 8.86. The van der Waals surface area contributed by atoms with E-state index in [2.05, 4.69) is 6.92 Å². The number of hydrogen-bond acceptors (Lipinski definition) is 5. The summed E-state index contributed by atoms with van der Waals surface area (Å²) >= 11 is 0. The van der Waals surface area contributed by atoms with Crippen molar-refractivity contribution in [2.75, 3.05) is 34.3 Å². The fourth-order valence-electron chi connectivity index (χ4n) is 2.33. The van der Waals surface area contributed by atoms with E-state index in [1.165, 1.54) is 51.4 Å². The van der Waals surface area contributed by atoms with Gasteiger partial charge in [0.25, 0.3) is 0 Å². The van der Waals surface area contributed by atoms with Gasteiger partial charge in [-0.3, -0.25) is 4.79 Å². The van der Waals surface area contributed by atoms with Crippen molar-refractivity contribution in [2.24, 2.45) is 5.73 Å². The van der Waals surface area contributed by atoms with E-state index in [0.29, 0.717) is 11.1 Å². The molecule has 0 rings (SSSR count). The summed E-state index contributed by atoms with van der Waals surface area (Å²) in [7, 11) is 5.40. The number of carboxylic acid groups (broad SMARTS) is 1. The molecule has 0 aromatic carbocycles. The summed E-state index contributed by atoms with van der Waals surface area (Å²) in [5.74, 6) is -1.30. The van der Waals surface area contributed by atoms with Gasteiger partial charge in [-0.1, -0.05) is 64.7 Å². The zero-order chi connectivity index (χ0) is 21.3. The summed E-state index contributed by atoms with van der Waals surface area (Å²) < 4.78 is 5.53. The Morgan fingerprint density at radius 1 is 0.889 bits per heavy atom. The first kappa shape index (κ1) is 28.1. The molecule has 0 heterocycles. The molecule has 0 aromatic rings. The van der Waals surface area contributed by atoms with Gasteiger partial charge < -0.3 is 24.9 Å². The predicted octanol–water partition coefficient (Wildman–Crippen LogP) is 2.63. The molecule has 0 radical (unpaired) electrons. The Morgan fingerprint density at radius 3 is 1.59 bits per heavy atom. The molecule has 27 heavy (non-hydrogen) atoms. The average Bonchev–Trinajstić information content (AvgIpc) is 2.49. The van der Waals surface area contributed by atoms with Crippen molar-refractivity contribution < 1.29 is 23.9 Å². The molecule has 0 saturated heterocycles. The summed E-state index contributed by atoms with van der Waals surface area (Å²) in [6.07, 6.45) is 12.8. The third-order valence-electron chi connectivity index (χ3n) is 3.86. The molecule has 6 heteroatoms. The summed E-state index contributed by atoms with van der Waals surface area (Å²) in [6, 6.07) is 0. The van der Waals surface area contributed by atoms with Crippen molar-refractivity contribution in [3.63, 3.8) is 0 Å². The van der Waals surface area contributed by atoms with Crippen LogP contribution in [-0.4, -0.2) is 56.3 Å². The van der Waals surface area contributed by atoms with Crippen LogP contribution in [0.25, 0.3) is 0 Å². The van der Waals surface area contributed by atoms with Gasteiger partial charge >= 0.3 is 5.97 Å². The van der Waals surface area contributed by atoms with Gasteiger partial charge in [0.15, 0.2) is 0 Å². The summed E-state index contributed by atoms with van der Waals surface area (Å²) in [5.41, 5.74) is 4.77. The van der Waals surface area contributed by atoms with E-state index in [1.54, 1.807) is 35.0 Å². The third kappa shape index (κ3) is 24.9. The first-order valence-electron chi connectivity index (χ1n) is 10.4. The lowest BCUT2D eigenvalue weighted by molar-refractivity contribution is -0.864. The number of nitrogens with two attached hydrogens (primary N) is 1. The van der Waals surface area contributed by atoms with Crippen LogP contribution in [-0.2, 0) is 14.3 Å². The Hall–Kier alpha value is -1.14. The molecular weight excluding hydrogens is 344 g/mol. The van der Waals surface area contributed by atoms with Crippen molar-refractivity contribution in [1.29, 1.82) is 0 Å². The molecule has 0 amide bonds. The second-order valence-electron chi connectivity index (χ2n) is 8.86. The van der Waals surface area contributed by atoms with E-state index in [9.17, 15) is 14.7 Å². The lowest BCUT2D eigenvalue weighted by atomic mass is 10.1. The monoisotopic (exact) mass is 388 g/mol. The van der Waals surface area contributed by atoms with E-state index in [4.69, 9.17) is 10.5 Å². The Kier molecular flexibility index (Phi) is 16.5. The highest BCUT2D eigenvalue weighted by molar-refractivity contribution is 5.79. The van der Waals surface area contributed by atoms with Gasteiger partial charge in [0.1, 0.15) is 12.1 Å². The van der Waals surface area contributed by atoms with Crippen LogP contribution in [0.3, 0.4) is 0 Å². The number of carbonyl (C=O) groups excluding carboxylic acids is 2. The quantitative estimate of drug-likeness (QED) is 0.280. The first-order valence-corrected chi connectivity index (χ1v) is 10.4. The number of nitrogens with zero attached hydrogens (tertiary/aromatic N) is 1. The minimum absolute atomic E-state index is 0.0694. The molecule has 0 saturated carbocycles. The van der Waals surface area contributed by atoms with Crippen LogP contribution < -0.4 is 10.8 Å². The van der Waals surface area contributed by atoms with Gasteiger partial charge in [-0.25, -0.2) is 0 Å². The number of hydrogen-bond donors (Lipinski definition) is 1. The van der Waals surface area contributed by atoms with Crippen LogP contribution in [0.15, 0.2) is 0 Å². The fraction of sp³-hybridized carbons (Fsp3) is 0.905. The standard InChI is InChI=1S/C16H33NO2.C5H11NO2/c1-4-5-6-7-8-9-10-11-12-13-14-19-15(18)16(2,3)17;1-6(2,3)4-5(7)8/h4-14,17H2,1-3H3;4H2,1-3H3. The molecule has 0 unspecified atom stereocenters. The van der Waals surface area contributed by atoms with Gasteiger partial charge in [0, 0.05) is 0 Å². The van der Waals surface area contributed by atoms with E-state index in [0.717, 1.165) is 12.8 Å². The zero-order valence-electron chi connectivity index (χ0n) is 18.6. The number of ether oxygens (including phenoxy) is 1. The topological polar surface area (TPSA) is 92.5 Å². The van der Waals surface area contributed by atoms with Crippen molar-refractivity contribution in [3.8, 4) is 0 Å². The summed E-state index contributed by atoms with van der Waals surface area (Å²) in [5, 5.41) is 9.89. The molecule has 6 nitrogen and oxygen atoms in total. The molecule has 0 aliphatic rings. The van der Waals surface area contributed by atoms with Gasteiger partial charge in [-0.2, -0.15) is 0 Å². The van der Waals surface area contributed by atoms with Gasteiger partial charge in [0.05, 0.1) is 33.7 Å². The molecule has 0 aromatic heterocycles. The Bertz CT molecular complexity index is 385. The maximum absolute atomic E-state index is 11.4. The van der Waals surface area contributed by atoms with Crippen LogP contribution in [0.2, 0.25) is 0 Å². The molecule has 0 aliphatic carbocycles. The number of carboxylic acids is 1. The van der Waals surface area contributed by atoms with E-state index >= 15 is 0 Å². The molecule has 162 valence electrons. The Morgan fingerprint density at radius 2 is 1.30 bits per heavy atom. The normalized spacial score (nSPS) is 11.5. The number of esters is 1. The highest BCUT2D eigenvalue weighted by atomic mass is 16.5. The lowest BCUT2D eigenvalue weighted by Crippen LogP contribution is -2.45. The molecule has 0 fully saturated rings. The number of rotatable bonds is 14. The van der Waals surface area contributed by atoms with E-state index < -0.39 is 11.5 Å². The number of likely N-dealkylation sites (N-methyl/N-ethyl adjacent to an activating group) is 1. The first-order chi connectivity index (χ1) is 12.4. The van der Waals surface area contributed by atoms with Crippen molar-refractivity contribution in [3.05, 3.63) is 0 Å². The van der Waals surface area contributed by atoms with Crippen LogP contribution in [0.5, 0.6) is 0 Å². The number of unbranched alkanes of at least 4 members (excludes halogenated alkanes) is 9. The Balaban J connectivity index is 0. The predicted molar refractivity (Wildman–Crippen MR) is 109 cm³/mol. The molecule has 0 aliphatic heterocycles. The van der Waals surface area contributed by atoms with Gasteiger partial charge in [-0.05, 0) is 20.3 Å². The maximum atomic E-state index is 11.4. The Labute approximate surface area is 167 Å². The molecular formula is C21H44N2O4. The van der Waals surface area contributed by atoms with Crippen molar-refractivity contribution >= 4 is 11.9 Å². The number of carbonyl (C=O) groups is 2. The smallest absolute Gasteiger partial charge is 0.325 e. The highest BCUT2D eigenvalue weighted by Gasteiger charge is 2.23. The van der Waals surface area contributed by atoms with Gasteiger partial charge in [-0.15, -0.1) is 0 Å². The van der Waals surface area contributed by atoms with Crippen LogP contribution in [0, 0.1) is 0 Å². The van der Waals surface area contributed by atoms with Crippen LogP contribution in [0.4, 0.5) is 0 Å². The highest BCUT2D eigenvalue weighted by Crippen LogP contribution is 2.10. The fourth-order valence-corrected chi connectivity index (χ4v) is 2.33. The molecule has 0 atom stereocenters. The summed E-state index contributed by atoms with van der Waals surface area (Å²) in [6.45, 7) is 6.18. The zero-order valence-corrected chi connectivity index (χ0v) is 18.6. The third-order valence-corrected chi connectivity index (χ3v) is 3.86. The second kappa shape index (κ2) is 15.9. The van der Waals surface area contributed by atoms with Crippen molar-refractivity contribution in [2.45, 2.75) is 90.5 Å². The minimum atomic E-state index is -1.00. The molecule has 0 bridgehead atoms. The lowest BCUT2D eigenvalue weighted by Gasteiger charge is -2.23. The number of aliphatic carboxylic acids is 1. The summed E-state index contributed by atoms with van der Waals surface area (Å²) in [4.78, 5) is 21.3. The van der Waals surface area contributed by atoms with Crippen LogP contribution >= 0.6 is 0 Å². The van der Waals surface area contributed by atoms with Crippen LogP contribution in [0.1, 0.15) is 85.0 Å². The molecule has 0 spiro atoms. The van der Waals surface area contributed by atoms with E-state index in [1.807, 2.05) is 0 Å². The largest absolute Gasteiger partial charge is 0.544 e. The number of quaternary nitrogens is 1. The average molecular weight is 389 g/mol.